The minimum atomic E-state index is -1.09. The molecule has 30 heavy (non-hydrogen) atoms. The topological polar surface area (TPSA) is 81.0 Å². The molecule has 1 amide bonds. The summed E-state index contributed by atoms with van der Waals surface area (Å²) in [5.41, 5.74) is 2.21. The summed E-state index contributed by atoms with van der Waals surface area (Å²) >= 11 is 0. The average molecular weight is 406 g/mol. The van der Waals surface area contributed by atoms with Gasteiger partial charge in [-0.15, -0.1) is 0 Å². The average Bonchev–Trinajstić information content (AvgIpc) is 3.15. The number of hydrogen-bond acceptors (Lipinski definition) is 4. The Hall–Kier alpha value is -3.58. The monoisotopic (exact) mass is 406 g/mol. The van der Waals surface area contributed by atoms with Crippen LogP contribution in [0.25, 0.3) is 17.0 Å². The van der Waals surface area contributed by atoms with Crippen LogP contribution >= 0.6 is 0 Å². The molecule has 1 aliphatic rings. The molecule has 0 unspecified atom stereocenters. The van der Waals surface area contributed by atoms with E-state index in [-0.39, 0.29) is 5.91 Å². The van der Waals surface area contributed by atoms with E-state index in [9.17, 15) is 14.7 Å². The van der Waals surface area contributed by atoms with Crippen LogP contribution in [0.1, 0.15) is 11.1 Å². The number of carbonyl (C=O) groups is 2. The fraction of sp³-hybridized carbons (Fsp3) is 0.217. The van der Waals surface area contributed by atoms with Gasteiger partial charge < -0.3 is 19.5 Å². The second-order valence-electron chi connectivity index (χ2n) is 6.96. The first-order valence-corrected chi connectivity index (χ1v) is 9.72. The molecule has 154 valence electrons. The molecule has 0 aliphatic carbocycles. The van der Waals surface area contributed by atoms with E-state index in [0.717, 1.165) is 10.1 Å². The maximum atomic E-state index is 12.4. The van der Waals surface area contributed by atoms with Crippen molar-refractivity contribution in [3.63, 3.8) is 0 Å². The molecule has 0 spiro atoms. The maximum Gasteiger partial charge on any atom is 0.416 e. The molecular formula is C23H22N2O5. The van der Waals surface area contributed by atoms with Crippen LogP contribution in [0.5, 0.6) is 5.75 Å². The van der Waals surface area contributed by atoms with Crippen molar-refractivity contribution in [2.45, 2.75) is 6.61 Å². The summed E-state index contributed by atoms with van der Waals surface area (Å²) < 4.78 is 12.3. The Labute approximate surface area is 173 Å². The number of carbonyl (C=O) groups excluding carboxylic acids is 1. The smallest absolute Gasteiger partial charge is 0.416 e. The number of rotatable bonds is 5. The van der Waals surface area contributed by atoms with Crippen LogP contribution in [0, 0.1) is 0 Å². The van der Waals surface area contributed by atoms with E-state index in [4.69, 9.17) is 9.47 Å². The molecule has 1 N–H and O–H groups in total. The zero-order valence-corrected chi connectivity index (χ0v) is 16.4. The molecule has 2 heterocycles. The van der Waals surface area contributed by atoms with Crippen molar-refractivity contribution < 1.29 is 24.2 Å². The summed E-state index contributed by atoms with van der Waals surface area (Å²) in [7, 11) is 0. The third-order valence-corrected chi connectivity index (χ3v) is 4.99. The molecule has 7 heteroatoms. The number of hydrogen-bond donors (Lipinski definition) is 1. The molecule has 2 aromatic carbocycles. The lowest BCUT2D eigenvalue weighted by Gasteiger charge is -2.25. The van der Waals surface area contributed by atoms with Gasteiger partial charge in [-0.25, -0.2) is 4.79 Å². The van der Waals surface area contributed by atoms with Crippen molar-refractivity contribution in [1.82, 2.24) is 9.47 Å². The highest BCUT2D eigenvalue weighted by Crippen LogP contribution is 2.27. The van der Waals surface area contributed by atoms with Crippen LogP contribution < -0.4 is 4.74 Å². The van der Waals surface area contributed by atoms with E-state index in [0.29, 0.717) is 55.1 Å². The molecular weight excluding hydrogens is 384 g/mol. The van der Waals surface area contributed by atoms with E-state index in [1.165, 1.54) is 12.3 Å². The van der Waals surface area contributed by atoms with Crippen LogP contribution in [0.4, 0.5) is 4.79 Å². The summed E-state index contributed by atoms with van der Waals surface area (Å²) in [5.74, 6) is 0.509. The highest BCUT2D eigenvalue weighted by Gasteiger charge is 2.16. The molecule has 0 bridgehead atoms. The predicted molar refractivity (Wildman–Crippen MR) is 113 cm³/mol. The quantitative estimate of drug-likeness (QED) is 0.655. The Morgan fingerprint density at radius 3 is 2.60 bits per heavy atom. The standard InChI is InChI=1S/C23H22N2O5/c26-22(24-10-12-29-13-11-24)9-6-18-15-25(23(27)28)21-8-7-19(14-20(18)21)30-16-17-4-2-1-3-5-17/h1-9,14-15H,10-13,16H2,(H,27,28). The molecule has 0 radical (unpaired) electrons. The van der Waals surface area contributed by atoms with Gasteiger partial charge in [-0.1, -0.05) is 30.3 Å². The molecule has 0 atom stereocenters. The van der Waals surface area contributed by atoms with E-state index in [2.05, 4.69) is 0 Å². The van der Waals surface area contributed by atoms with Gasteiger partial charge in [0, 0.05) is 36.3 Å². The van der Waals surface area contributed by atoms with Crippen molar-refractivity contribution in [2.24, 2.45) is 0 Å². The van der Waals surface area contributed by atoms with Crippen molar-refractivity contribution in [1.29, 1.82) is 0 Å². The minimum Gasteiger partial charge on any atom is -0.489 e. The third kappa shape index (κ3) is 4.36. The number of aromatic nitrogens is 1. The van der Waals surface area contributed by atoms with Crippen molar-refractivity contribution in [3.8, 4) is 5.75 Å². The highest BCUT2D eigenvalue weighted by molar-refractivity contribution is 5.99. The molecule has 1 aliphatic heterocycles. The summed E-state index contributed by atoms with van der Waals surface area (Å²) in [5, 5.41) is 10.2. The Morgan fingerprint density at radius 2 is 1.87 bits per heavy atom. The summed E-state index contributed by atoms with van der Waals surface area (Å²) in [6, 6.07) is 15.1. The van der Waals surface area contributed by atoms with Gasteiger partial charge in [-0.3, -0.25) is 9.36 Å². The van der Waals surface area contributed by atoms with Gasteiger partial charge in [0.1, 0.15) is 12.4 Å². The lowest BCUT2D eigenvalue weighted by Crippen LogP contribution is -2.39. The number of benzene rings is 2. The first-order valence-electron chi connectivity index (χ1n) is 9.72. The van der Waals surface area contributed by atoms with Gasteiger partial charge in [-0.05, 0) is 29.8 Å². The van der Waals surface area contributed by atoms with Crippen LogP contribution in [0.2, 0.25) is 0 Å². The SMILES string of the molecule is O=C(C=Cc1cn(C(=O)O)c2ccc(OCc3ccccc3)cc12)N1CCOCC1. The highest BCUT2D eigenvalue weighted by atomic mass is 16.5. The molecule has 3 aromatic rings. The Balaban J connectivity index is 1.59. The second kappa shape index (κ2) is 8.84. The van der Waals surface area contributed by atoms with Crippen molar-refractivity contribution in [2.75, 3.05) is 26.3 Å². The number of amides is 1. The van der Waals surface area contributed by atoms with Crippen molar-refractivity contribution in [3.05, 3.63) is 71.9 Å². The number of ether oxygens (including phenoxy) is 2. The molecule has 1 saturated heterocycles. The molecule has 0 saturated carbocycles. The van der Waals surface area contributed by atoms with E-state index < -0.39 is 6.09 Å². The minimum absolute atomic E-state index is 0.119. The number of nitrogens with zero attached hydrogens (tertiary/aromatic N) is 2. The van der Waals surface area contributed by atoms with Gasteiger partial charge in [-0.2, -0.15) is 0 Å². The first-order chi connectivity index (χ1) is 14.6. The van der Waals surface area contributed by atoms with Crippen LogP contribution in [-0.2, 0) is 16.1 Å². The van der Waals surface area contributed by atoms with Crippen LogP contribution in [-0.4, -0.2) is 52.9 Å². The third-order valence-electron chi connectivity index (χ3n) is 4.99. The van der Waals surface area contributed by atoms with Crippen LogP contribution in [0.15, 0.2) is 60.8 Å². The molecule has 1 aromatic heterocycles. The van der Waals surface area contributed by atoms with E-state index in [1.54, 1.807) is 29.2 Å². The zero-order valence-electron chi connectivity index (χ0n) is 16.4. The summed E-state index contributed by atoms with van der Waals surface area (Å²) in [4.78, 5) is 25.8. The van der Waals surface area contributed by atoms with Crippen LogP contribution in [0.3, 0.4) is 0 Å². The number of morpholine rings is 1. The number of fused-ring (bicyclic) bond motifs is 1. The molecule has 1 fully saturated rings. The fourth-order valence-electron chi connectivity index (χ4n) is 3.41. The van der Waals surface area contributed by atoms with Gasteiger partial charge in [0.15, 0.2) is 0 Å². The Kier molecular flexibility index (Phi) is 5.81. The van der Waals surface area contributed by atoms with Crippen molar-refractivity contribution >= 4 is 29.0 Å². The molecule has 7 nitrogen and oxygen atoms in total. The normalized spacial score (nSPS) is 14.3. The summed E-state index contributed by atoms with van der Waals surface area (Å²) in [6.45, 7) is 2.57. The second-order valence-corrected chi connectivity index (χ2v) is 6.96. The van der Waals surface area contributed by atoms with Gasteiger partial charge in [0.25, 0.3) is 0 Å². The van der Waals surface area contributed by atoms with E-state index in [1.807, 2.05) is 30.3 Å². The lowest BCUT2D eigenvalue weighted by molar-refractivity contribution is -0.129. The number of carboxylic acid groups (broad SMARTS) is 1. The lowest BCUT2D eigenvalue weighted by atomic mass is 10.1. The maximum absolute atomic E-state index is 12.4. The fourth-order valence-corrected chi connectivity index (χ4v) is 3.41. The largest absolute Gasteiger partial charge is 0.489 e. The Bertz CT molecular complexity index is 1080. The van der Waals surface area contributed by atoms with Gasteiger partial charge >= 0.3 is 6.09 Å². The summed E-state index contributed by atoms with van der Waals surface area (Å²) in [6.07, 6.45) is 3.55. The zero-order chi connectivity index (χ0) is 20.9. The Morgan fingerprint density at radius 1 is 1.10 bits per heavy atom. The van der Waals surface area contributed by atoms with Gasteiger partial charge in [0.2, 0.25) is 5.91 Å². The van der Waals surface area contributed by atoms with Gasteiger partial charge in [0.05, 0.1) is 18.7 Å². The molecule has 4 rings (SSSR count). The predicted octanol–water partition coefficient (Wildman–Crippen LogP) is 3.62. The van der Waals surface area contributed by atoms with E-state index >= 15 is 0 Å². The first kappa shape index (κ1) is 19.7.